The Morgan fingerprint density at radius 1 is 1.14 bits per heavy atom. The van der Waals surface area contributed by atoms with Gasteiger partial charge in [0, 0.05) is 6.04 Å². The molecular weight excluding hydrogens is 260 g/mol. The standard InChI is InChI=1S/C18H24N2O/c1-12-19-16(11-13-5-3-2-4-6-13)18(21)20(12)17(14-7-8-14)15-9-10-15/h2-6,12,14-17,19H,7-11H2,1H3. The summed E-state index contributed by atoms with van der Waals surface area (Å²) in [5.41, 5.74) is 1.24. The van der Waals surface area contributed by atoms with E-state index >= 15 is 0 Å². The van der Waals surface area contributed by atoms with E-state index in [1.165, 1.54) is 31.2 Å². The molecule has 0 radical (unpaired) electrons. The van der Waals surface area contributed by atoms with Gasteiger partial charge >= 0.3 is 0 Å². The quantitative estimate of drug-likeness (QED) is 0.901. The molecule has 2 aliphatic carbocycles. The SMILES string of the molecule is CC1NC(Cc2ccccc2)C(=O)N1C(C1CC1)C1CC1. The van der Waals surface area contributed by atoms with Gasteiger partial charge in [0.15, 0.2) is 0 Å². The number of benzene rings is 1. The van der Waals surface area contributed by atoms with Crippen molar-refractivity contribution in [2.75, 3.05) is 0 Å². The minimum atomic E-state index is -0.0394. The third-order valence-electron chi connectivity index (χ3n) is 5.23. The molecule has 1 aromatic carbocycles. The first-order chi connectivity index (χ1) is 10.2. The van der Waals surface area contributed by atoms with E-state index < -0.39 is 0 Å². The number of carbonyl (C=O) groups is 1. The molecule has 1 aliphatic heterocycles. The molecule has 1 amide bonds. The summed E-state index contributed by atoms with van der Waals surface area (Å²) < 4.78 is 0. The molecule has 4 rings (SSSR count). The Balaban J connectivity index is 1.50. The molecule has 1 aromatic rings. The van der Waals surface area contributed by atoms with Gasteiger partial charge in [-0.15, -0.1) is 0 Å². The van der Waals surface area contributed by atoms with E-state index in [1.54, 1.807) is 0 Å². The molecule has 3 aliphatic rings. The van der Waals surface area contributed by atoms with Crippen molar-refractivity contribution in [3.05, 3.63) is 35.9 Å². The lowest BCUT2D eigenvalue weighted by Crippen LogP contribution is -2.45. The van der Waals surface area contributed by atoms with Crippen LogP contribution in [0.4, 0.5) is 0 Å². The van der Waals surface area contributed by atoms with Crippen LogP contribution in [0.15, 0.2) is 30.3 Å². The molecule has 1 N–H and O–H groups in total. The summed E-state index contributed by atoms with van der Waals surface area (Å²) in [6.07, 6.45) is 6.28. The fourth-order valence-corrected chi connectivity index (χ4v) is 3.93. The lowest BCUT2D eigenvalue weighted by atomic mass is 10.0. The van der Waals surface area contributed by atoms with Crippen LogP contribution in [-0.4, -0.2) is 29.1 Å². The second-order valence-corrected chi connectivity index (χ2v) is 7.00. The molecule has 3 heteroatoms. The molecule has 0 bridgehead atoms. The first-order valence-corrected chi connectivity index (χ1v) is 8.36. The zero-order chi connectivity index (χ0) is 14.4. The second-order valence-electron chi connectivity index (χ2n) is 7.00. The maximum Gasteiger partial charge on any atom is 0.241 e. The summed E-state index contributed by atoms with van der Waals surface area (Å²) >= 11 is 0. The van der Waals surface area contributed by atoms with Gasteiger partial charge < -0.3 is 4.90 Å². The van der Waals surface area contributed by atoms with Crippen LogP contribution >= 0.6 is 0 Å². The van der Waals surface area contributed by atoms with Gasteiger partial charge in [-0.2, -0.15) is 0 Å². The molecule has 1 heterocycles. The van der Waals surface area contributed by atoms with E-state index in [4.69, 9.17) is 0 Å². The number of carbonyl (C=O) groups excluding carboxylic acids is 1. The van der Waals surface area contributed by atoms with Crippen LogP contribution < -0.4 is 5.32 Å². The van der Waals surface area contributed by atoms with E-state index in [9.17, 15) is 4.79 Å². The van der Waals surface area contributed by atoms with Crippen LogP contribution in [0.2, 0.25) is 0 Å². The molecule has 3 nitrogen and oxygen atoms in total. The van der Waals surface area contributed by atoms with Gasteiger partial charge in [0.1, 0.15) is 0 Å². The van der Waals surface area contributed by atoms with Crippen molar-refractivity contribution in [3.8, 4) is 0 Å². The Bertz CT molecular complexity index is 509. The van der Waals surface area contributed by atoms with E-state index in [1.807, 2.05) is 18.2 Å². The minimum Gasteiger partial charge on any atom is -0.323 e. The Morgan fingerprint density at radius 3 is 2.33 bits per heavy atom. The van der Waals surface area contributed by atoms with Gasteiger partial charge in [-0.05, 0) is 56.4 Å². The van der Waals surface area contributed by atoms with Crippen LogP contribution in [0.25, 0.3) is 0 Å². The van der Waals surface area contributed by atoms with E-state index in [-0.39, 0.29) is 12.2 Å². The van der Waals surface area contributed by atoms with Crippen LogP contribution in [0.5, 0.6) is 0 Å². The average Bonchev–Trinajstić information content (AvgIpc) is 3.37. The summed E-state index contributed by atoms with van der Waals surface area (Å²) in [6, 6.07) is 10.8. The number of amides is 1. The minimum absolute atomic E-state index is 0.0394. The lowest BCUT2D eigenvalue weighted by Gasteiger charge is -2.31. The van der Waals surface area contributed by atoms with Crippen molar-refractivity contribution >= 4 is 5.91 Å². The largest absolute Gasteiger partial charge is 0.323 e. The molecule has 0 aromatic heterocycles. The van der Waals surface area contributed by atoms with Crippen molar-refractivity contribution in [1.82, 2.24) is 10.2 Å². The maximum atomic E-state index is 12.9. The smallest absolute Gasteiger partial charge is 0.241 e. The predicted octanol–water partition coefficient (Wildman–Crippen LogP) is 2.56. The van der Waals surface area contributed by atoms with Gasteiger partial charge in [0.2, 0.25) is 5.91 Å². The molecule has 1 saturated heterocycles. The molecule has 0 spiro atoms. The summed E-state index contributed by atoms with van der Waals surface area (Å²) in [5.74, 6) is 1.89. The van der Waals surface area contributed by atoms with Gasteiger partial charge in [-0.3, -0.25) is 10.1 Å². The summed E-state index contributed by atoms with van der Waals surface area (Å²) in [6.45, 7) is 2.15. The monoisotopic (exact) mass is 284 g/mol. The van der Waals surface area contributed by atoms with E-state index in [2.05, 4.69) is 29.3 Å². The molecule has 3 fully saturated rings. The number of nitrogens with zero attached hydrogens (tertiary/aromatic N) is 1. The van der Waals surface area contributed by atoms with Gasteiger partial charge in [-0.25, -0.2) is 0 Å². The molecule has 2 unspecified atom stereocenters. The lowest BCUT2D eigenvalue weighted by molar-refractivity contribution is -0.133. The zero-order valence-corrected chi connectivity index (χ0v) is 12.7. The Labute approximate surface area is 126 Å². The number of nitrogens with one attached hydrogen (secondary N) is 1. The highest BCUT2D eigenvalue weighted by atomic mass is 16.2. The van der Waals surface area contributed by atoms with Crippen LogP contribution in [0.1, 0.15) is 38.2 Å². The summed E-state index contributed by atoms with van der Waals surface area (Å²) in [4.78, 5) is 15.1. The summed E-state index contributed by atoms with van der Waals surface area (Å²) in [7, 11) is 0. The van der Waals surface area contributed by atoms with Crippen molar-refractivity contribution < 1.29 is 4.79 Å². The Kier molecular flexibility index (Phi) is 3.26. The highest BCUT2D eigenvalue weighted by Crippen LogP contribution is 2.48. The highest BCUT2D eigenvalue weighted by molar-refractivity contribution is 5.85. The Hall–Kier alpha value is -1.35. The van der Waals surface area contributed by atoms with Crippen molar-refractivity contribution in [2.24, 2.45) is 11.8 Å². The zero-order valence-electron chi connectivity index (χ0n) is 12.7. The highest BCUT2D eigenvalue weighted by Gasteiger charge is 2.50. The van der Waals surface area contributed by atoms with Crippen LogP contribution in [0.3, 0.4) is 0 Å². The fraction of sp³-hybridized carbons (Fsp3) is 0.611. The molecule has 21 heavy (non-hydrogen) atoms. The van der Waals surface area contributed by atoms with Crippen molar-refractivity contribution in [3.63, 3.8) is 0 Å². The predicted molar refractivity (Wildman–Crippen MR) is 82.6 cm³/mol. The van der Waals surface area contributed by atoms with Gasteiger partial charge in [0.05, 0.1) is 12.2 Å². The third-order valence-corrected chi connectivity index (χ3v) is 5.23. The first kappa shape index (κ1) is 13.3. The summed E-state index contributed by atoms with van der Waals surface area (Å²) in [5, 5.41) is 3.52. The van der Waals surface area contributed by atoms with Crippen LogP contribution in [-0.2, 0) is 11.2 Å². The van der Waals surface area contributed by atoms with Gasteiger partial charge in [-0.1, -0.05) is 30.3 Å². The normalized spacial score (nSPS) is 29.4. The second kappa shape index (κ2) is 5.13. The topological polar surface area (TPSA) is 32.3 Å². The fourth-order valence-electron chi connectivity index (χ4n) is 3.93. The number of hydrogen-bond donors (Lipinski definition) is 1. The molecule has 2 saturated carbocycles. The number of hydrogen-bond acceptors (Lipinski definition) is 2. The van der Waals surface area contributed by atoms with E-state index in [0.717, 1.165) is 18.3 Å². The number of rotatable bonds is 5. The van der Waals surface area contributed by atoms with Crippen molar-refractivity contribution in [2.45, 2.75) is 57.3 Å². The molecule has 112 valence electrons. The molecule has 2 atom stereocenters. The third kappa shape index (κ3) is 2.59. The van der Waals surface area contributed by atoms with Crippen molar-refractivity contribution in [1.29, 1.82) is 0 Å². The first-order valence-electron chi connectivity index (χ1n) is 8.36. The van der Waals surface area contributed by atoms with E-state index in [0.29, 0.717) is 11.9 Å². The Morgan fingerprint density at radius 2 is 1.76 bits per heavy atom. The maximum absolute atomic E-state index is 12.9. The van der Waals surface area contributed by atoms with Crippen LogP contribution in [0, 0.1) is 11.8 Å². The average molecular weight is 284 g/mol. The molecular formula is C18H24N2O. The van der Waals surface area contributed by atoms with Gasteiger partial charge in [0.25, 0.3) is 0 Å².